The van der Waals surface area contributed by atoms with Crippen LogP contribution in [0.3, 0.4) is 0 Å². The molecule has 1 N–H and O–H groups in total. The average molecular weight is 263 g/mol. The zero-order valence-electron chi connectivity index (χ0n) is 12.9. The molecule has 3 nitrogen and oxygen atoms in total. The Morgan fingerprint density at radius 1 is 1.21 bits per heavy atom. The number of carboxylic acid groups (broad SMARTS) is 1. The zero-order valence-corrected chi connectivity index (χ0v) is 12.9. The van der Waals surface area contributed by atoms with Gasteiger partial charge in [0, 0.05) is 19.3 Å². The molecule has 0 saturated carbocycles. The normalized spacial score (nSPS) is 12.3. The maximum atomic E-state index is 10.9. The number of carboxylic acids is 1. The molecule has 0 aliphatic heterocycles. The van der Waals surface area contributed by atoms with E-state index in [-0.39, 0.29) is 5.92 Å². The molecule has 0 aliphatic carbocycles. The number of anilines is 1. The SMILES string of the molecule is Cc1cc(C)c(C)c(N(C)CCC(C)C(=O)O)c1C. The third kappa shape index (κ3) is 3.49. The first kappa shape index (κ1) is 15.5. The number of benzene rings is 1. The summed E-state index contributed by atoms with van der Waals surface area (Å²) in [6, 6.07) is 2.21. The largest absolute Gasteiger partial charge is 0.481 e. The van der Waals surface area contributed by atoms with Gasteiger partial charge in [-0.3, -0.25) is 4.79 Å². The highest BCUT2D eigenvalue weighted by molar-refractivity contribution is 5.69. The van der Waals surface area contributed by atoms with E-state index in [4.69, 9.17) is 5.11 Å². The van der Waals surface area contributed by atoms with Crippen molar-refractivity contribution in [1.29, 1.82) is 0 Å². The molecule has 1 rings (SSSR count). The fourth-order valence-electron chi connectivity index (χ4n) is 2.39. The topological polar surface area (TPSA) is 40.5 Å². The van der Waals surface area contributed by atoms with E-state index in [2.05, 4.69) is 38.7 Å². The van der Waals surface area contributed by atoms with E-state index < -0.39 is 5.97 Å². The molecule has 0 aromatic heterocycles. The summed E-state index contributed by atoms with van der Waals surface area (Å²) in [5.41, 5.74) is 6.39. The van der Waals surface area contributed by atoms with Gasteiger partial charge in [0.1, 0.15) is 0 Å². The molecule has 0 fully saturated rings. The van der Waals surface area contributed by atoms with Crippen LogP contribution in [0.15, 0.2) is 6.07 Å². The van der Waals surface area contributed by atoms with Gasteiger partial charge >= 0.3 is 5.97 Å². The van der Waals surface area contributed by atoms with Gasteiger partial charge in [-0.05, 0) is 56.4 Å². The molecule has 0 bridgehead atoms. The lowest BCUT2D eigenvalue weighted by Gasteiger charge is -2.26. The molecule has 1 unspecified atom stereocenters. The van der Waals surface area contributed by atoms with Gasteiger partial charge in [-0.25, -0.2) is 0 Å². The second-order valence-electron chi connectivity index (χ2n) is 5.56. The van der Waals surface area contributed by atoms with E-state index in [0.717, 1.165) is 6.54 Å². The van der Waals surface area contributed by atoms with Gasteiger partial charge in [0.2, 0.25) is 0 Å². The van der Waals surface area contributed by atoms with Crippen LogP contribution in [0.2, 0.25) is 0 Å². The molecular formula is C16H25NO2. The van der Waals surface area contributed by atoms with Crippen molar-refractivity contribution in [2.24, 2.45) is 5.92 Å². The molecular weight excluding hydrogens is 238 g/mol. The Kier molecular flexibility index (Phi) is 4.98. The van der Waals surface area contributed by atoms with Crippen LogP contribution in [0.25, 0.3) is 0 Å². The molecule has 0 heterocycles. The van der Waals surface area contributed by atoms with Crippen molar-refractivity contribution in [2.45, 2.75) is 41.0 Å². The highest BCUT2D eigenvalue weighted by atomic mass is 16.4. The highest BCUT2D eigenvalue weighted by Gasteiger charge is 2.15. The fourth-order valence-corrected chi connectivity index (χ4v) is 2.39. The number of rotatable bonds is 5. The summed E-state index contributed by atoms with van der Waals surface area (Å²) in [5.74, 6) is -1.02. The number of nitrogens with zero attached hydrogens (tertiary/aromatic N) is 1. The van der Waals surface area contributed by atoms with Crippen LogP contribution in [0.5, 0.6) is 0 Å². The molecule has 0 spiro atoms. The molecule has 19 heavy (non-hydrogen) atoms. The Bertz CT molecular complexity index is 454. The van der Waals surface area contributed by atoms with Crippen LogP contribution in [0.4, 0.5) is 5.69 Å². The summed E-state index contributed by atoms with van der Waals surface area (Å²) < 4.78 is 0. The second-order valence-corrected chi connectivity index (χ2v) is 5.56. The van der Waals surface area contributed by atoms with E-state index in [1.165, 1.54) is 27.9 Å². The van der Waals surface area contributed by atoms with Crippen LogP contribution in [-0.2, 0) is 4.79 Å². The van der Waals surface area contributed by atoms with Crippen LogP contribution in [-0.4, -0.2) is 24.7 Å². The Hall–Kier alpha value is -1.51. The third-order valence-electron chi connectivity index (χ3n) is 4.03. The van der Waals surface area contributed by atoms with Gasteiger partial charge in [-0.1, -0.05) is 13.0 Å². The maximum Gasteiger partial charge on any atom is 0.306 e. The summed E-state index contributed by atoms with van der Waals surface area (Å²) in [5, 5.41) is 8.94. The van der Waals surface area contributed by atoms with Gasteiger partial charge in [0.15, 0.2) is 0 Å². The summed E-state index contributed by atoms with van der Waals surface area (Å²) in [4.78, 5) is 13.1. The van der Waals surface area contributed by atoms with Crippen molar-refractivity contribution in [3.63, 3.8) is 0 Å². The van der Waals surface area contributed by atoms with Crippen molar-refractivity contribution >= 4 is 11.7 Å². The second kappa shape index (κ2) is 6.09. The number of carbonyl (C=O) groups is 1. The van der Waals surface area contributed by atoms with E-state index in [9.17, 15) is 4.79 Å². The van der Waals surface area contributed by atoms with E-state index in [1.807, 2.05) is 7.05 Å². The van der Waals surface area contributed by atoms with Gasteiger partial charge in [-0.15, -0.1) is 0 Å². The summed E-state index contributed by atoms with van der Waals surface area (Å²) in [7, 11) is 2.04. The van der Waals surface area contributed by atoms with Crippen molar-refractivity contribution in [3.8, 4) is 0 Å². The zero-order chi connectivity index (χ0) is 14.7. The molecule has 106 valence electrons. The molecule has 3 heteroatoms. The average Bonchev–Trinajstić information content (AvgIpc) is 2.33. The first-order valence-electron chi connectivity index (χ1n) is 6.77. The fraction of sp³-hybridized carbons (Fsp3) is 0.562. The number of hydrogen-bond acceptors (Lipinski definition) is 2. The Morgan fingerprint density at radius 3 is 2.11 bits per heavy atom. The predicted octanol–water partition coefficient (Wildman–Crippen LogP) is 3.47. The number of aryl methyl sites for hydroxylation is 2. The Balaban J connectivity index is 2.94. The minimum atomic E-state index is -0.720. The third-order valence-corrected chi connectivity index (χ3v) is 4.03. The molecule has 0 radical (unpaired) electrons. The lowest BCUT2D eigenvalue weighted by Crippen LogP contribution is -2.24. The Morgan fingerprint density at radius 2 is 1.68 bits per heavy atom. The van der Waals surface area contributed by atoms with Crippen molar-refractivity contribution in [1.82, 2.24) is 0 Å². The van der Waals surface area contributed by atoms with E-state index >= 15 is 0 Å². The highest BCUT2D eigenvalue weighted by Crippen LogP contribution is 2.29. The molecule has 0 saturated heterocycles. The molecule has 1 aromatic rings. The first-order chi connectivity index (χ1) is 8.75. The summed E-state index contributed by atoms with van der Waals surface area (Å²) in [6.45, 7) is 11.0. The number of hydrogen-bond donors (Lipinski definition) is 1. The quantitative estimate of drug-likeness (QED) is 0.884. The molecule has 0 aliphatic rings. The van der Waals surface area contributed by atoms with Crippen LogP contribution in [0, 0.1) is 33.6 Å². The summed E-state index contributed by atoms with van der Waals surface area (Å²) >= 11 is 0. The standard InChI is InChI=1S/C16H25NO2/c1-10(16(18)19)7-8-17(6)15-13(4)11(2)9-12(3)14(15)5/h9-10H,7-8H2,1-6H3,(H,18,19). The van der Waals surface area contributed by atoms with E-state index in [1.54, 1.807) is 6.92 Å². The number of aliphatic carboxylic acids is 1. The Labute approximate surface area is 116 Å². The maximum absolute atomic E-state index is 10.9. The monoisotopic (exact) mass is 263 g/mol. The van der Waals surface area contributed by atoms with E-state index in [0.29, 0.717) is 6.42 Å². The van der Waals surface area contributed by atoms with Gasteiger partial charge in [0.25, 0.3) is 0 Å². The van der Waals surface area contributed by atoms with Gasteiger partial charge < -0.3 is 10.0 Å². The summed E-state index contributed by atoms with van der Waals surface area (Å²) in [6.07, 6.45) is 0.664. The molecule has 1 aromatic carbocycles. The lowest BCUT2D eigenvalue weighted by molar-refractivity contribution is -0.141. The first-order valence-corrected chi connectivity index (χ1v) is 6.77. The minimum Gasteiger partial charge on any atom is -0.481 e. The van der Waals surface area contributed by atoms with Gasteiger partial charge in [0.05, 0.1) is 5.92 Å². The van der Waals surface area contributed by atoms with Crippen molar-refractivity contribution in [2.75, 3.05) is 18.5 Å². The van der Waals surface area contributed by atoms with Crippen LogP contribution < -0.4 is 4.90 Å². The van der Waals surface area contributed by atoms with Crippen molar-refractivity contribution < 1.29 is 9.90 Å². The minimum absolute atomic E-state index is 0.297. The van der Waals surface area contributed by atoms with Crippen LogP contribution >= 0.6 is 0 Å². The molecule has 1 atom stereocenters. The van der Waals surface area contributed by atoms with Crippen molar-refractivity contribution in [3.05, 3.63) is 28.3 Å². The predicted molar refractivity (Wildman–Crippen MR) is 80.1 cm³/mol. The van der Waals surface area contributed by atoms with Gasteiger partial charge in [-0.2, -0.15) is 0 Å². The molecule has 0 amide bonds. The smallest absolute Gasteiger partial charge is 0.306 e. The van der Waals surface area contributed by atoms with Crippen LogP contribution in [0.1, 0.15) is 35.6 Å². The lowest BCUT2D eigenvalue weighted by atomic mass is 9.97.